The summed E-state index contributed by atoms with van der Waals surface area (Å²) in [4.78, 5) is 12.6. The summed E-state index contributed by atoms with van der Waals surface area (Å²) in [6.45, 7) is 5.63. The van der Waals surface area contributed by atoms with Crippen molar-refractivity contribution in [3.05, 3.63) is 100.0 Å². The van der Waals surface area contributed by atoms with Crippen LogP contribution in [-0.2, 0) is 0 Å². The van der Waals surface area contributed by atoms with Gasteiger partial charge in [-0.05, 0) is 25.1 Å². The van der Waals surface area contributed by atoms with Crippen molar-refractivity contribution in [1.29, 1.82) is 0 Å². The van der Waals surface area contributed by atoms with Crippen LogP contribution < -0.4 is 5.46 Å². The van der Waals surface area contributed by atoms with Crippen molar-refractivity contribution in [3.8, 4) is 0 Å². The Balaban J connectivity index is 0.00000163. The molecule has 2 aromatic rings. The minimum absolute atomic E-state index is 0.146. The van der Waals surface area contributed by atoms with Gasteiger partial charge in [0.15, 0.2) is 13.1 Å². The molecule has 133 valence electrons. The van der Waals surface area contributed by atoms with E-state index in [9.17, 15) is 9.18 Å². The van der Waals surface area contributed by atoms with Gasteiger partial charge in [0.25, 0.3) is 0 Å². The molecule has 0 amide bonds. The Kier molecular flexibility index (Phi) is 9.71. The zero-order valence-corrected chi connectivity index (χ0v) is 16.2. The first-order valence-corrected chi connectivity index (χ1v) is 8.58. The van der Waals surface area contributed by atoms with Crippen LogP contribution in [0.1, 0.15) is 22.8 Å². The number of hydrogen-bond donors (Lipinski definition) is 0. The van der Waals surface area contributed by atoms with Crippen molar-refractivity contribution >= 4 is 41.7 Å². The summed E-state index contributed by atoms with van der Waals surface area (Å²) in [6, 6.07) is 12.3. The highest BCUT2D eigenvalue weighted by molar-refractivity contribution is 6.61. The first-order chi connectivity index (χ1) is 12.5. The van der Waals surface area contributed by atoms with E-state index in [-0.39, 0.29) is 5.78 Å². The minimum atomic E-state index is -0.146. The molecule has 0 aliphatic carbocycles. The van der Waals surface area contributed by atoms with E-state index in [1.807, 2.05) is 44.6 Å². The minimum Gasteiger partial charge on any atom is -0.289 e. The van der Waals surface area contributed by atoms with Gasteiger partial charge in [-0.2, -0.15) is 0 Å². The number of hydrogen-bond acceptors (Lipinski definition) is 1. The normalized spacial score (nSPS) is 10.9. The number of rotatable bonds is 6. The summed E-state index contributed by atoms with van der Waals surface area (Å²) >= 11 is 12.1. The Hall–Kier alpha value is -2.10. The molecule has 0 aliphatic heterocycles. The molecule has 5 heteroatoms. The topological polar surface area (TPSA) is 17.1 Å². The fraction of sp³-hybridized carbons (Fsp3) is 0.0952. The maximum Gasteiger partial charge on any atom is 0.194 e. The van der Waals surface area contributed by atoms with Crippen LogP contribution in [0.5, 0.6) is 0 Å². The Morgan fingerprint density at radius 2 is 1.77 bits per heavy atom. The number of allylic oxidation sites excluding steroid dienone is 5. The fourth-order valence-corrected chi connectivity index (χ4v) is 2.53. The number of carbonyl (C=O) groups excluding carboxylic acids is 1. The van der Waals surface area contributed by atoms with Gasteiger partial charge >= 0.3 is 0 Å². The highest BCUT2D eigenvalue weighted by Gasteiger charge is 2.13. The number of carbonyl (C=O) groups is 1. The van der Waals surface area contributed by atoms with Gasteiger partial charge in [0, 0.05) is 16.1 Å². The van der Waals surface area contributed by atoms with E-state index in [1.54, 1.807) is 36.4 Å². The molecule has 0 N–H and O–H groups in total. The number of halogens is 3. The molecule has 1 radical (unpaired) electrons. The third-order valence-electron chi connectivity index (χ3n) is 3.44. The van der Waals surface area contributed by atoms with E-state index in [1.165, 1.54) is 0 Å². The average molecular weight is 388 g/mol. The molecule has 0 aromatic heterocycles. The van der Waals surface area contributed by atoms with Gasteiger partial charge in [0.1, 0.15) is 0 Å². The van der Waals surface area contributed by atoms with Gasteiger partial charge < -0.3 is 0 Å². The fourth-order valence-electron chi connectivity index (χ4n) is 2.16. The monoisotopic (exact) mass is 387 g/mol. The van der Waals surface area contributed by atoms with Crippen molar-refractivity contribution in [2.75, 3.05) is 7.18 Å². The van der Waals surface area contributed by atoms with Gasteiger partial charge in [0.05, 0.1) is 12.2 Å². The summed E-state index contributed by atoms with van der Waals surface area (Å²) in [7, 11) is 2.53. The maximum atomic E-state index is 12.6. The molecule has 0 spiro atoms. The predicted molar refractivity (Wildman–Crippen MR) is 112 cm³/mol. The second-order valence-corrected chi connectivity index (χ2v) is 5.95. The van der Waals surface area contributed by atoms with Gasteiger partial charge in [-0.25, -0.2) is 0 Å². The van der Waals surface area contributed by atoms with Crippen LogP contribution in [0.2, 0.25) is 10.0 Å². The van der Waals surface area contributed by atoms with Crippen molar-refractivity contribution in [2.45, 2.75) is 6.92 Å². The molecule has 0 bridgehead atoms. The van der Waals surface area contributed by atoms with E-state index in [0.717, 1.165) is 10.9 Å². The summed E-state index contributed by atoms with van der Waals surface area (Å²) < 4.78 is 9.50. The van der Waals surface area contributed by atoms with E-state index in [0.29, 0.717) is 28.3 Å². The largest absolute Gasteiger partial charge is 0.289 e. The summed E-state index contributed by atoms with van der Waals surface area (Å²) in [5.41, 5.74) is 3.04. The molecule has 26 heavy (non-hydrogen) atoms. The van der Waals surface area contributed by atoms with Crippen molar-refractivity contribution < 1.29 is 9.18 Å². The molecule has 2 rings (SSSR count). The molecule has 0 saturated carbocycles. The Morgan fingerprint density at radius 1 is 1.12 bits per heavy atom. The smallest absolute Gasteiger partial charge is 0.194 e. The summed E-state index contributed by atoms with van der Waals surface area (Å²) in [5.74, 6) is -0.146. The van der Waals surface area contributed by atoms with E-state index in [4.69, 9.17) is 23.2 Å². The lowest BCUT2D eigenvalue weighted by molar-refractivity contribution is 0.103. The molecular weight excluding hydrogens is 369 g/mol. The van der Waals surface area contributed by atoms with E-state index >= 15 is 0 Å². The molecule has 0 unspecified atom stereocenters. The van der Waals surface area contributed by atoms with Crippen LogP contribution in [0, 0.1) is 0 Å². The number of benzene rings is 2. The first kappa shape index (κ1) is 21.9. The molecular formula is C21H19BCl2FO. The highest BCUT2D eigenvalue weighted by Crippen LogP contribution is 2.23. The van der Waals surface area contributed by atoms with E-state index in [2.05, 4.69) is 6.58 Å². The Bertz CT molecular complexity index is 811. The maximum absolute atomic E-state index is 12.6. The Labute approximate surface area is 165 Å². The van der Waals surface area contributed by atoms with Crippen LogP contribution >= 0.6 is 23.2 Å². The van der Waals surface area contributed by atoms with Crippen LogP contribution in [-0.4, -0.2) is 20.2 Å². The number of alkyl halides is 1. The molecule has 2 aromatic carbocycles. The second-order valence-electron chi connectivity index (χ2n) is 5.10. The lowest BCUT2D eigenvalue weighted by Gasteiger charge is -2.06. The molecule has 0 atom stereocenters. The SMILES string of the molecule is C=C/C=C\C([B]c1ccc(C(=O)c2cc(Cl)ccc2Cl)cc1)=C/C.CF. The van der Waals surface area contributed by atoms with Crippen LogP contribution in [0.25, 0.3) is 0 Å². The van der Waals surface area contributed by atoms with Crippen molar-refractivity contribution in [1.82, 2.24) is 0 Å². The second kappa shape index (κ2) is 11.5. The average Bonchev–Trinajstić information content (AvgIpc) is 2.68. The van der Waals surface area contributed by atoms with Crippen LogP contribution in [0.15, 0.2) is 78.8 Å². The predicted octanol–water partition coefficient (Wildman–Crippen LogP) is 5.79. The summed E-state index contributed by atoms with van der Waals surface area (Å²) in [5, 5.41) is 0.880. The highest BCUT2D eigenvalue weighted by atomic mass is 35.5. The van der Waals surface area contributed by atoms with Crippen LogP contribution in [0.3, 0.4) is 0 Å². The first-order valence-electron chi connectivity index (χ1n) is 7.83. The molecule has 0 fully saturated rings. The van der Waals surface area contributed by atoms with E-state index < -0.39 is 0 Å². The van der Waals surface area contributed by atoms with Gasteiger partial charge in [-0.15, -0.1) is 0 Å². The number of ketones is 1. The van der Waals surface area contributed by atoms with Crippen LogP contribution in [0.4, 0.5) is 4.39 Å². The van der Waals surface area contributed by atoms with Gasteiger partial charge in [-0.1, -0.05) is 89.3 Å². The molecule has 0 heterocycles. The molecule has 1 nitrogen and oxygen atoms in total. The van der Waals surface area contributed by atoms with Crippen molar-refractivity contribution in [3.63, 3.8) is 0 Å². The summed E-state index contributed by atoms with van der Waals surface area (Å²) in [6.07, 6.45) is 7.58. The van der Waals surface area contributed by atoms with Gasteiger partial charge in [0.2, 0.25) is 0 Å². The third-order valence-corrected chi connectivity index (χ3v) is 4.00. The zero-order chi connectivity index (χ0) is 19.5. The standard InChI is InChI=1S/C20H16BCl2O.CH3F/c1-3-5-6-15(4-2)21-16-9-7-14(8-10-16)20(24)18-13-17(22)11-12-19(18)23;1-2/h3-13H,1H2,2H3;1H3/b6-5-,15-4+;. The quantitative estimate of drug-likeness (QED) is 0.348. The Morgan fingerprint density at radius 3 is 2.35 bits per heavy atom. The lowest BCUT2D eigenvalue weighted by atomic mass is 9.63. The third kappa shape index (κ3) is 6.32. The zero-order valence-electron chi connectivity index (χ0n) is 14.7. The van der Waals surface area contributed by atoms with Crippen molar-refractivity contribution in [2.24, 2.45) is 0 Å². The van der Waals surface area contributed by atoms with Gasteiger partial charge in [-0.3, -0.25) is 9.18 Å². The molecule has 0 saturated heterocycles. The lowest BCUT2D eigenvalue weighted by Crippen LogP contribution is -2.16. The molecule has 0 aliphatic rings.